The Balaban J connectivity index is 1.31. The quantitative estimate of drug-likeness (QED) is 0.0801. The van der Waals surface area contributed by atoms with Crippen molar-refractivity contribution in [1.82, 2.24) is 5.43 Å². The Morgan fingerprint density at radius 2 is 1.76 bits per heavy atom. The van der Waals surface area contributed by atoms with Crippen LogP contribution in [0.2, 0.25) is 0 Å². The van der Waals surface area contributed by atoms with Crippen LogP contribution < -0.4 is 20.0 Å². The van der Waals surface area contributed by atoms with Crippen LogP contribution in [0.5, 0.6) is 11.5 Å². The van der Waals surface area contributed by atoms with Crippen LogP contribution in [0.1, 0.15) is 43.1 Å². The van der Waals surface area contributed by atoms with Crippen LogP contribution >= 0.6 is 0 Å². The number of fused-ring (bicyclic) bond motifs is 1. The largest absolute Gasteiger partial charge is 0.490 e. The van der Waals surface area contributed by atoms with Crippen molar-refractivity contribution < 1.29 is 43.2 Å². The van der Waals surface area contributed by atoms with E-state index < -0.39 is 35.7 Å². The Morgan fingerprint density at radius 1 is 1.00 bits per heavy atom. The van der Waals surface area contributed by atoms with Crippen molar-refractivity contribution in [3.63, 3.8) is 0 Å². The summed E-state index contributed by atoms with van der Waals surface area (Å²) in [4.78, 5) is 48.9. The number of ketones is 1. The zero-order valence-electron chi connectivity index (χ0n) is 25.3. The Labute approximate surface area is 260 Å². The van der Waals surface area contributed by atoms with Crippen molar-refractivity contribution in [3.05, 3.63) is 90.0 Å². The fraction of sp³-hybridized carbons (Fsp3) is 0.303. The number of esters is 3. The first-order chi connectivity index (χ1) is 21.4. The maximum absolute atomic E-state index is 12.7. The number of hydrogen-bond donors (Lipinski definition) is 2. The molecule has 12 heteroatoms. The number of nitrogens with zero attached hydrogens (tertiary/aromatic N) is 2. The molecule has 1 atom stereocenters. The molecule has 2 aromatic carbocycles. The van der Waals surface area contributed by atoms with E-state index >= 15 is 0 Å². The molecule has 1 aliphatic heterocycles. The number of anilines is 1. The highest BCUT2D eigenvalue weighted by atomic mass is 16.6. The third kappa shape index (κ3) is 9.21. The molecule has 1 heterocycles. The van der Waals surface area contributed by atoms with Gasteiger partial charge in [0.15, 0.2) is 11.5 Å². The molecule has 0 fully saturated rings. The number of allylic oxidation sites excluding steroid dienone is 2. The zero-order valence-corrected chi connectivity index (χ0v) is 25.3. The number of ether oxygens (including phenoxy) is 4. The topological polar surface area (TPSA) is 153 Å². The average molecular weight is 618 g/mol. The molecule has 45 heavy (non-hydrogen) atoms. The van der Waals surface area contributed by atoms with E-state index in [4.69, 9.17) is 18.9 Å². The van der Waals surface area contributed by atoms with Gasteiger partial charge in [-0.15, -0.1) is 0 Å². The van der Waals surface area contributed by atoms with Gasteiger partial charge in [0.05, 0.1) is 18.4 Å². The van der Waals surface area contributed by atoms with Gasteiger partial charge >= 0.3 is 17.9 Å². The predicted octanol–water partition coefficient (Wildman–Crippen LogP) is 3.39. The summed E-state index contributed by atoms with van der Waals surface area (Å²) < 4.78 is 21.4. The standard InChI is InChI=1S/C33H35N3O9/c1-21(2)32(40)44-16-15-22-9-14-28(27(19-22)36-34-25-7-5-6-8-26(25)35-36)45-30(38)20-29(37)43-18-17-42-24-12-10-23(11-13-24)31(39)33(3,4)41/h5-14,19,25,34,41H,1,15-18,20H2,2-4H3. The summed E-state index contributed by atoms with van der Waals surface area (Å²) in [5.74, 6) is -1.93. The Kier molecular flexibility index (Phi) is 10.7. The van der Waals surface area contributed by atoms with Gasteiger partial charge in [0.2, 0.25) is 0 Å². The third-order valence-corrected chi connectivity index (χ3v) is 6.50. The molecule has 0 bridgehead atoms. The lowest BCUT2D eigenvalue weighted by molar-refractivity contribution is -0.150. The highest BCUT2D eigenvalue weighted by Crippen LogP contribution is 2.32. The van der Waals surface area contributed by atoms with Crippen LogP contribution in [-0.2, 0) is 30.3 Å². The van der Waals surface area contributed by atoms with Crippen LogP contribution in [0.3, 0.4) is 0 Å². The summed E-state index contributed by atoms with van der Waals surface area (Å²) in [5, 5.41) is 15.9. The Bertz CT molecular complexity index is 1550. The zero-order chi connectivity index (χ0) is 32.6. The number of hydrazone groups is 1. The minimum Gasteiger partial charge on any atom is -0.490 e. The van der Waals surface area contributed by atoms with Crippen LogP contribution in [-0.4, -0.2) is 66.0 Å². The lowest BCUT2D eigenvalue weighted by Gasteiger charge is -2.20. The summed E-state index contributed by atoms with van der Waals surface area (Å²) >= 11 is 0. The number of nitrogens with one attached hydrogen (secondary N) is 1. The second kappa shape index (κ2) is 14.6. The normalized spacial score (nSPS) is 15.2. The number of hydrazine groups is 1. The van der Waals surface area contributed by atoms with E-state index in [1.165, 1.54) is 31.1 Å². The molecular formula is C33H35N3O9. The number of Topliss-reactive ketones (excluding diaryl/α,β-unsaturated/α-hetero) is 1. The molecule has 0 aromatic heterocycles. The van der Waals surface area contributed by atoms with Crippen molar-refractivity contribution in [2.45, 2.75) is 45.3 Å². The monoisotopic (exact) mass is 617 g/mol. The van der Waals surface area contributed by atoms with Gasteiger partial charge in [0, 0.05) is 17.6 Å². The number of benzene rings is 2. The molecule has 2 aromatic rings. The molecule has 1 aliphatic carbocycles. The first-order valence-corrected chi connectivity index (χ1v) is 14.2. The molecule has 0 saturated carbocycles. The summed E-state index contributed by atoms with van der Waals surface area (Å²) in [6, 6.07) is 11.1. The first kappa shape index (κ1) is 32.8. The van der Waals surface area contributed by atoms with E-state index in [0.717, 1.165) is 11.3 Å². The SMILES string of the molecule is C=C(C)C(=O)OCCc1ccc(OC(=O)CC(=O)OCCOc2ccc(C(=O)C(C)(C)O)cc2)c(N2N=C3C=CC=CC3N2)c1. The van der Waals surface area contributed by atoms with Crippen LogP contribution in [0.25, 0.3) is 0 Å². The Hall–Kier alpha value is -5.07. The second-order valence-corrected chi connectivity index (χ2v) is 10.8. The summed E-state index contributed by atoms with van der Waals surface area (Å²) in [5.41, 5.74) is 4.34. The van der Waals surface area contributed by atoms with E-state index in [0.29, 0.717) is 29.0 Å². The molecule has 2 aliphatic rings. The van der Waals surface area contributed by atoms with E-state index in [9.17, 15) is 24.3 Å². The molecule has 12 nitrogen and oxygen atoms in total. The van der Waals surface area contributed by atoms with Gasteiger partial charge in [-0.1, -0.05) is 30.9 Å². The lowest BCUT2D eigenvalue weighted by Crippen LogP contribution is -2.37. The third-order valence-electron chi connectivity index (χ3n) is 6.50. The second-order valence-electron chi connectivity index (χ2n) is 10.8. The van der Waals surface area contributed by atoms with Crippen molar-refractivity contribution in [2.24, 2.45) is 5.10 Å². The van der Waals surface area contributed by atoms with Crippen LogP contribution in [0.15, 0.2) is 84.0 Å². The number of carbonyl (C=O) groups is 4. The van der Waals surface area contributed by atoms with Crippen LogP contribution in [0, 0.1) is 0 Å². The molecule has 1 unspecified atom stereocenters. The van der Waals surface area contributed by atoms with Gasteiger partial charge in [0.25, 0.3) is 0 Å². The van der Waals surface area contributed by atoms with E-state index in [1.54, 1.807) is 37.3 Å². The van der Waals surface area contributed by atoms with Gasteiger partial charge in [0.1, 0.15) is 36.7 Å². The predicted molar refractivity (Wildman–Crippen MR) is 165 cm³/mol. The number of hydrogen-bond acceptors (Lipinski definition) is 12. The molecule has 2 N–H and O–H groups in total. The van der Waals surface area contributed by atoms with Crippen LogP contribution in [0.4, 0.5) is 5.69 Å². The summed E-state index contributed by atoms with van der Waals surface area (Å²) in [7, 11) is 0. The number of aliphatic hydroxyl groups is 1. The van der Waals surface area contributed by atoms with Gasteiger partial charge in [-0.2, -0.15) is 15.6 Å². The van der Waals surface area contributed by atoms with E-state index in [-0.39, 0.29) is 31.6 Å². The summed E-state index contributed by atoms with van der Waals surface area (Å²) in [6.07, 6.45) is 7.30. The minimum absolute atomic E-state index is 0.0118. The van der Waals surface area contributed by atoms with Gasteiger partial charge in [-0.05, 0) is 68.8 Å². The van der Waals surface area contributed by atoms with Crippen molar-refractivity contribution in [3.8, 4) is 11.5 Å². The Morgan fingerprint density at radius 3 is 2.44 bits per heavy atom. The smallest absolute Gasteiger partial charge is 0.333 e. The van der Waals surface area contributed by atoms with Gasteiger partial charge in [-0.25, -0.2) is 4.79 Å². The lowest BCUT2D eigenvalue weighted by atomic mass is 9.97. The molecule has 0 spiro atoms. The van der Waals surface area contributed by atoms with Crippen molar-refractivity contribution in [2.75, 3.05) is 24.9 Å². The highest BCUT2D eigenvalue weighted by molar-refractivity contribution is 6.04. The molecule has 0 radical (unpaired) electrons. The fourth-order valence-corrected chi connectivity index (χ4v) is 4.19. The van der Waals surface area contributed by atoms with E-state index in [2.05, 4.69) is 17.1 Å². The van der Waals surface area contributed by atoms with E-state index in [1.807, 2.05) is 24.3 Å². The minimum atomic E-state index is -1.49. The van der Waals surface area contributed by atoms with Gasteiger partial charge in [-0.3, -0.25) is 14.4 Å². The average Bonchev–Trinajstić information content (AvgIpc) is 3.43. The first-order valence-electron chi connectivity index (χ1n) is 14.2. The maximum Gasteiger partial charge on any atom is 0.333 e. The van der Waals surface area contributed by atoms with Crippen molar-refractivity contribution >= 4 is 35.1 Å². The number of rotatable bonds is 14. The number of carbonyl (C=O) groups excluding carboxylic acids is 4. The fourth-order valence-electron chi connectivity index (χ4n) is 4.19. The molecule has 236 valence electrons. The summed E-state index contributed by atoms with van der Waals surface area (Å²) in [6.45, 7) is 7.98. The molecular weight excluding hydrogens is 582 g/mol. The van der Waals surface area contributed by atoms with Crippen molar-refractivity contribution in [1.29, 1.82) is 0 Å². The van der Waals surface area contributed by atoms with Gasteiger partial charge < -0.3 is 24.1 Å². The molecule has 4 rings (SSSR count). The highest BCUT2D eigenvalue weighted by Gasteiger charge is 2.28. The maximum atomic E-state index is 12.7. The molecule has 0 saturated heterocycles. The molecule has 0 amide bonds.